The number of benzene rings is 1. The first-order valence-electron chi connectivity index (χ1n) is 6.85. The van der Waals surface area contributed by atoms with Gasteiger partial charge in [-0.1, -0.05) is 37.3 Å². The molecule has 4 nitrogen and oxygen atoms in total. The van der Waals surface area contributed by atoms with Crippen LogP contribution < -0.4 is 10.6 Å². The van der Waals surface area contributed by atoms with Crippen LogP contribution in [-0.2, 0) is 9.53 Å². The average Bonchev–Trinajstić information content (AvgIpc) is 2.48. The van der Waals surface area contributed by atoms with Gasteiger partial charge < -0.3 is 15.4 Å². The first-order valence-corrected chi connectivity index (χ1v) is 6.85. The van der Waals surface area contributed by atoms with Crippen LogP contribution in [0.2, 0.25) is 0 Å². The van der Waals surface area contributed by atoms with Crippen molar-refractivity contribution in [2.75, 3.05) is 19.8 Å². The molecular weight excluding hydrogens is 240 g/mol. The lowest BCUT2D eigenvalue weighted by Gasteiger charge is -2.27. The fourth-order valence-corrected chi connectivity index (χ4v) is 2.23. The molecule has 19 heavy (non-hydrogen) atoms. The molecule has 1 fully saturated rings. The summed E-state index contributed by atoms with van der Waals surface area (Å²) >= 11 is 0. The van der Waals surface area contributed by atoms with Gasteiger partial charge in [0, 0.05) is 18.5 Å². The average molecular weight is 262 g/mol. The van der Waals surface area contributed by atoms with Crippen LogP contribution in [0.25, 0.3) is 0 Å². The van der Waals surface area contributed by atoms with Gasteiger partial charge in [-0.3, -0.25) is 4.79 Å². The molecule has 0 aliphatic carbocycles. The molecular formula is C15H22N2O2. The first kappa shape index (κ1) is 14.0. The van der Waals surface area contributed by atoms with E-state index in [0.29, 0.717) is 13.2 Å². The normalized spacial score (nSPS) is 22.5. The highest BCUT2D eigenvalue weighted by Crippen LogP contribution is 2.18. The standard InChI is InChI=1S/C15H22N2O2/c1-11(13-6-4-3-5-7-13)12(2)17-15(18)14-10-19-9-8-16-14/h3-7,11-12,14,16H,8-10H2,1-2H3,(H,17,18). The summed E-state index contributed by atoms with van der Waals surface area (Å²) < 4.78 is 5.31. The Hall–Kier alpha value is -1.39. The van der Waals surface area contributed by atoms with E-state index >= 15 is 0 Å². The number of rotatable bonds is 4. The van der Waals surface area contributed by atoms with Crippen molar-refractivity contribution in [1.29, 1.82) is 0 Å². The quantitative estimate of drug-likeness (QED) is 0.859. The molecule has 3 unspecified atom stereocenters. The SMILES string of the molecule is CC(NC(=O)C1COCCN1)C(C)c1ccccc1. The molecule has 104 valence electrons. The number of morpholine rings is 1. The van der Waals surface area contributed by atoms with Crippen molar-refractivity contribution in [3.63, 3.8) is 0 Å². The van der Waals surface area contributed by atoms with Gasteiger partial charge in [-0.05, 0) is 12.5 Å². The molecule has 2 N–H and O–H groups in total. The lowest BCUT2D eigenvalue weighted by molar-refractivity contribution is -0.126. The van der Waals surface area contributed by atoms with Gasteiger partial charge in [-0.25, -0.2) is 0 Å². The smallest absolute Gasteiger partial charge is 0.239 e. The van der Waals surface area contributed by atoms with Crippen LogP contribution in [0.5, 0.6) is 0 Å². The van der Waals surface area contributed by atoms with Gasteiger partial charge in [-0.15, -0.1) is 0 Å². The third kappa shape index (κ3) is 3.78. The molecule has 0 aromatic heterocycles. The van der Waals surface area contributed by atoms with Crippen LogP contribution in [0.4, 0.5) is 0 Å². The second-order valence-electron chi connectivity index (χ2n) is 5.08. The molecule has 1 aromatic carbocycles. The fraction of sp³-hybridized carbons (Fsp3) is 0.533. The van der Waals surface area contributed by atoms with E-state index in [4.69, 9.17) is 4.74 Å². The van der Waals surface area contributed by atoms with E-state index in [1.165, 1.54) is 5.56 Å². The number of nitrogens with one attached hydrogen (secondary N) is 2. The van der Waals surface area contributed by atoms with Gasteiger partial charge >= 0.3 is 0 Å². The summed E-state index contributed by atoms with van der Waals surface area (Å²) in [5.41, 5.74) is 1.24. The van der Waals surface area contributed by atoms with E-state index < -0.39 is 0 Å². The maximum Gasteiger partial charge on any atom is 0.239 e. The van der Waals surface area contributed by atoms with Crippen LogP contribution in [-0.4, -0.2) is 37.7 Å². The molecule has 2 rings (SSSR count). The molecule has 0 spiro atoms. The van der Waals surface area contributed by atoms with E-state index in [1.807, 2.05) is 25.1 Å². The predicted molar refractivity (Wildman–Crippen MR) is 75.1 cm³/mol. The Morgan fingerprint density at radius 3 is 2.74 bits per heavy atom. The minimum Gasteiger partial charge on any atom is -0.378 e. The van der Waals surface area contributed by atoms with Crippen LogP contribution in [0.15, 0.2) is 30.3 Å². The molecule has 1 heterocycles. The fourth-order valence-electron chi connectivity index (χ4n) is 2.23. The molecule has 1 saturated heterocycles. The summed E-state index contributed by atoms with van der Waals surface area (Å²) in [6.07, 6.45) is 0. The van der Waals surface area contributed by atoms with Crippen molar-refractivity contribution in [3.05, 3.63) is 35.9 Å². The van der Waals surface area contributed by atoms with E-state index in [2.05, 4.69) is 29.7 Å². The Bertz CT molecular complexity index is 402. The van der Waals surface area contributed by atoms with E-state index in [-0.39, 0.29) is 23.9 Å². The summed E-state index contributed by atoms with van der Waals surface area (Å²) in [5.74, 6) is 0.310. The number of carbonyl (C=O) groups is 1. The summed E-state index contributed by atoms with van der Waals surface area (Å²) in [7, 11) is 0. The summed E-state index contributed by atoms with van der Waals surface area (Å²) in [6, 6.07) is 10.1. The number of carbonyl (C=O) groups excluding carboxylic acids is 1. The second kappa shape index (κ2) is 6.68. The van der Waals surface area contributed by atoms with Gasteiger partial charge in [0.15, 0.2) is 0 Å². The van der Waals surface area contributed by atoms with Crippen LogP contribution in [0, 0.1) is 0 Å². The zero-order valence-corrected chi connectivity index (χ0v) is 11.6. The lowest BCUT2D eigenvalue weighted by atomic mass is 9.94. The van der Waals surface area contributed by atoms with Crippen molar-refractivity contribution >= 4 is 5.91 Å². The van der Waals surface area contributed by atoms with Gasteiger partial charge in [0.1, 0.15) is 6.04 Å². The Kier molecular flexibility index (Phi) is 4.93. The minimum absolute atomic E-state index is 0.0231. The third-order valence-electron chi connectivity index (χ3n) is 3.68. The minimum atomic E-state index is -0.223. The lowest BCUT2D eigenvalue weighted by Crippen LogP contribution is -2.53. The zero-order valence-electron chi connectivity index (χ0n) is 11.6. The largest absolute Gasteiger partial charge is 0.378 e. The van der Waals surface area contributed by atoms with Crippen molar-refractivity contribution in [1.82, 2.24) is 10.6 Å². The summed E-state index contributed by atoms with van der Waals surface area (Å²) in [4.78, 5) is 12.1. The molecule has 3 atom stereocenters. The van der Waals surface area contributed by atoms with Crippen LogP contribution in [0.1, 0.15) is 25.3 Å². The molecule has 4 heteroatoms. The first-order chi connectivity index (χ1) is 9.18. The third-order valence-corrected chi connectivity index (χ3v) is 3.68. The molecule has 1 aromatic rings. The summed E-state index contributed by atoms with van der Waals surface area (Å²) in [6.45, 7) is 6.04. The van der Waals surface area contributed by atoms with E-state index in [1.54, 1.807) is 0 Å². The number of hydrogen-bond acceptors (Lipinski definition) is 3. The topological polar surface area (TPSA) is 50.4 Å². The Morgan fingerprint density at radius 2 is 2.11 bits per heavy atom. The maximum atomic E-state index is 12.1. The van der Waals surface area contributed by atoms with Crippen molar-refractivity contribution in [2.24, 2.45) is 0 Å². The van der Waals surface area contributed by atoms with Gasteiger partial charge in [-0.2, -0.15) is 0 Å². The zero-order chi connectivity index (χ0) is 13.7. The van der Waals surface area contributed by atoms with Crippen molar-refractivity contribution in [3.8, 4) is 0 Å². The van der Waals surface area contributed by atoms with Crippen molar-refractivity contribution < 1.29 is 9.53 Å². The maximum absolute atomic E-state index is 12.1. The Morgan fingerprint density at radius 1 is 1.37 bits per heavy atom. The number of ether oxygens (including phenoxy) is 1. The highest BCUT2D eigenvalue weighted by Gasteiger charge is 2.24. The van der Waals surface area contributed by atoms with Gasteiger partial charge in [0.2, 0.25) is 5.91 Å². The molecule has 1 aliphatic rings. The van der Waals surface area contributed by atoms with Crippen molar-refractivity contribution in [2.45, 2.75) is 31.8 Å². The number of amides is 1. The Labute approximate surface area is 114 Å². The number of hydrogen-bond donors (Lipinski definition) is 2. The van der Waals surface area contributed by atoms with Crippen LogP contribution in [0.3, 0.4) is 0 Å². The second-order valence-corrected chi connectivity index (χ2v) is 5.08. The molecule has 0 saturated carbocycles. The molecule has 1 amide bonds. The predicted octanol–water partition coefficient (Wildman–Crippen LogP) is 1.28. The molecule has 0 bridgehead atoms. The van der Waals surface area contributed by atoms with Gasteiger partial charge in [0.25, 0.3) is 0 Å². The molecule has 0 radical (unpaired) electrons. The van der Waals surface area contributed by atoms with E-state index in [0.717, 1.165) is 6.54 Å². The monoisotopic (exact) mass is 262 g/mol. The Balaban J connectivity index is 1.89. The van der Waals surface area contributed by atoms with E-state index in [9.17, 15) is 4.79 Å². The molecule has 1 aliphatic heterocycles. The highest BCUT2D eigenvalue weighted by atomic mass is 16.5. The summed E-state index contributed by atoms with van der Waals surface area (Å²) in [5, 5.41) is 6.23. The van der Waals surface area contributed by atoms with Crippen LogP contribution >= 0.6 is 0 Å². The van der Waals surface area contributed by atoms with Gasteiger partial charge in [0.05, 0.1) is 13.2 Å². The highest BCUT2D eigenvalue weighted by molar-refractivity contribution is 5.82.